The average Bonchev–Trinajstić information content (AvgIpc) is 2.75. The van der Waals surface area contributed by atoms with E-state index in [1.807, 2.05) is 0 Å². The predicted octanol–water partition coefficient (Wildman–Crippen LogP) is 2.97. The van der Waals surface area contributed by atoms with Gasteiger partial charge in [0, 0.05) is 32.7 Å². The minimum Gasteiger partial charge on any atom is -0.496 e. The second kappa shape index (κ2) is 10.8. The highest BCUT2D eigenvalue weighted by atomic mass is 32.2. The van der Waals surface area contributed by atoms with E-state index in [1.165, 1.54) is 25.7 Å². The van der Waals surface area contributed by atoms with Crippen molar-refractivity contribution in [1.29, 1.82) is 0 Å². The molecular weight excluding hydrogens is 414 g/mol. The summed E-state index contributed by atoms with van der Waals surface area (Å²) in [4.78, 5) is 17.3. The second-order valence-corrected chi connectivity index (χ2v) is 10.9. The van der Waals surface area contributed by atoms with Crippen LogP contribution in [-0.4, -0.2) is 70.5 Å². The van der Waals surface area contributed by atoms with Gasteiger partial charge in [-0.15, -0.1) is 0 Å². The fraction of sp³-hybridized carbons (Fsp3) is 0.696. The van der Waals surface area contributed by atoms with Crippen molar-refractivity contribution in [3.63, 3.8) is 0 Å². The zero-order chi connectivity index (χ0) is 22.4. The van der Waals surface area contributed by atoms with Crippen LogP contribution in [0.25, 0.3) is 0 Å². The van der Waals surface area contributed by atoms with Gasteiger partial charge in [0.1, 0.15) is 5.75 Å². The summed E-state index contributed by atoms with van der Waals surface area (Å²) in [7, 11) is -2.19. The van der Waals surface area contributed by atoms with Crippen molar-refractivity contribution < 1.29 is 17.9 Å². The zero-order valence-corrected chi connectivity index (χ0v) is 19.9. The number of hydrogen-bond donors (Lipinski definition) is 1. The number of hydrogen-bond acceptors (Lipinski definition) is 5. The molecule has 1 aromatic carbocycles. The number of rotatable bonds is 8. The maximum absolute atomic E-state index is 13.0. The van der Waals surface area contributed by atoms with Crippen molar-refractivity contribution in [2.24, 2.45) is 11.8 Å². The van der Waals surface area contributed by atoms with Crippen LogP contribution < -0.4 is 9.46 Å². The molecule has 0 bridgehead atoms. The lowest BCUT2D eigenvalue weighted by Crippen LogP contribution is -2.40. The normalized spacial score (nSPS) is 23.0. The summed E-state index contributed by atoms with van der Waals surface area (Å²) in [6.45, 7) is 9.38. The first kappa shape index (κ1) is 24.0. The van der Waals surface area contributed by atoms with Gasteiger partial charge in [-0.3, -0.25) is 4.79 Å². The van der Waals surface area contributed by atoms with E-state index in [0.717, 1.165) is 45.3 Å². The largest absolute Gasteiger partial charge is 0.496 e. The second-order valence-electron chi connectivity index (χ2n) is 9.17. The number of benzene rings is 1. The van der Waals surface area contributed by atoms with Crippen LogP contribution in [0.5, 0.6) is 5.75 Å². The molecule has 1 aromatic rings. The Balaban J connectivity index is 1.61. The first-order valence-corrected chi connectivity index (χ1v) is 13.0. The Kier molecular flexibility index (Phi) is 8.36. The molecular formula is C23H37N3O4S. The number of amides is 1. The Morgan fingerprint density at radius 2 is 1.81 bits per heavy atom. The summed E-state index contributed by atoms with van der Waals surface area (Å²) in [5.41, 5.74) is 0.309. The van der Waals surface area contributed by atoms with Crippen LogP contribution in [0.1, 0.15) is 56.3 Å². The smallest absolute Gasteiger partial charge is 0.257 e. The third-order valence-corrected chi connectivity index (χ3v) is 7.70. The molecule has 0 aliphatic carbocycles. The van der Waals surface area contributed by atoms with Gasteiger partial charge in [0.05, 0.1) is 17.6 Å². The SMILES string of the molecule is COc1ccc(S(=O)(=O)NCCCN2C[C@@H](C)C[C@H](C)C2)cc1C(=O)N1CCCCC1. The number of carbonyl (C=O) groups is 1. The standard InChI is InChI=1S/C23H37N3O4S/c1-18-14-19(2)17-25(16-18)11-7-10-24-31(28,29)20-8-9-22(30-3)21(15-20)23(27)26-12-5-4-6-13-26/h8-9,15,18-19,24H,4-7,10-14,16-17H2,1-3H3/t18-,19-/m0/s1. The van der Waals surface area contributed by atoms with Gasteiger partial charge in [-0.1, -0.05) is 13.8 Å². The highest BCUT2D eigenvalue weighted by Gasteiger charge is 2.25. The highest BCUT2D eigenvalue weighted by molar-refractivity contribution is 7.89. The summed E-state index contributed by atoms with van der Waals surface area (Å²) in [6.07, 6.45) is 5.09. The third kappa shape index (κ3) is 6.43. The molecule has 1 amide bonds. The van der Waals surface area contributed by atoms with Crippen molar-refractivity contribution in [3.05, 3.63) is 23.8 Å². The Bertz CT molecular complexity index is 842. The average molecular weight is 452 g/mol. The maximum atomic E-state index is 13.0. The molecule has 2 heterocycles. The van der Waals surface area contributed by atoms with E-state index in [2.05, 4.69) is 23.5 Å². The zero-order valence-electron chi connectivity index (χ0n) is 19.1. The molecule has 0 spiro atoms. The number of nitrogens with one attached hydrogen (secondary N) is 1. The fourth-order valence-corrected chi connectivity index (χ4v) is 5.96. The molecule has 8 heteroatoms. The first-order valence-electron chi connectivity index (χ1n) is 11.5. The molecule has 174 valence electrons. The molecule has 0 radical (unpaired) electrons. The number of sulfonamides is 1. The lowest BCUT2D eigenvalue weighted by Gasteiger charge is -2.34. The Morgan fingerprint density at radius 3 is 2.45 bits per heavy atom. The summed E-state index contributed by atoms with van der Waals surface area (Å²) in [5.74, 6) is 1.62. The van der Waals surface area contributed by atoms with E-state index in [9.17, 15) is 13.2 Å². The number of likely N-dealkylation sites (tertiary alicyclic amines) is 2. The van der Waals surface area contributed by atoms with Gasteiger partial charge >= 0.3 is 0 Å². The quantitative estimate of drug-likeness (QED) is 0.615. The van der Waals surface area contributed by atoms with E-state index < -0.39 is 10.0 Å². The predicted molar refractivity (Wildman–Crippen MR) is 122 cm³/mol. The van der Waals surface area contributed by atoms with Crippen LogP contribution in [0.2, 0.25) is 0 Å². The third-order valence-electron chi connectivity index (χ3n) is 6.24. The first-order chi connectivity index (χ1) is 14.8. The molecule has 2 atom stereocenters. The van der Waals surface area contributed by atoms with Gasteiger partial charge in [-0.05, 0) is 68.7 Å². The van der Waals surface area contributed by atoms with Crippen molar-refractivity contribution in [2.45, 2.75) is 50.8 Å². The molecule has 2 aliphatic rings. The molecule has 1 N–H and O–H groups in total. The van der Waals surface area contributed by atoms with E-state index in [1.54, 1.807) is 11.0 Å². The molecule has 0 aromatic heterocycles. The van der Waals surface area contributed by atoms with Gasteiger partial charge in [-0.2, -0.15) is 0 Å². The number of piperidine rings is 2. The van der Waals surface area contributed by atoms with Crippen LogP contribution >= 0.6 is 0 Å². The van der Waals surface area contributed by atoms with Gasteiger partial charge in [0.15, 0.2) is 0 Å². The van der Waals surface area contributed by atoms with Crippen LogP contribution in [0.3, 0.4) is 0 Å². The summed E-state index contributed by atoms with van der Waals surface area (Å²) in [6, 6.07) is 4.52. The monoisotopic (exact) mass is 451 g/mol. The van der Waals surface area contributed by atoms with E-state index in [0.29, 0.717) is 42.8 Å². The van der Waals surface area contributed by atoms with Crippen molar-refractivity contribution in [3.8, 4) is 5.75 Å². The lowest BCUT2D eigenvalue weighted by molar-refractivity contribution is 0.0720. The van der Waals surface area contributed by atoms with Gasteiger partial charge in [-0.25, -0.2) is 13.1 Å². The Hall–Kier alpha value is -1.64. The molecule has 2 aliphatic heterocycles. The maximum Gasteiger partial charge on any atom is 0.257 e. The van der Waals surface area contributed by atoms with Gasteiger partial charge < -0.3 is 14.5 Å². The number of ether oxygens (including phenoxy) is 1. The van der Waals surface area contributed by atoms with Crippen molar-refractivity contribution in [1.82, 2.24) is 14.5 Å². The lowest BCUT2D eigenvalue weighted by atomic mass is 9.92. The molecule has 2 saturated heterocycles. The van der Waals surface area contributed by atoms with Crippen LogP contribution in [0, 0.1) is 11.8 Å². The molecule has 3 rings (SSSR count). The number of nitrogens with zero attached hydrogens (tertiary/aromatic N) is 2. The minimum absolute atomic E-state index is 0.105. The van der Waals surface area contributed by atoms with E-state index in [4.69, 9.17) is 4.74 Å². The molecule has 7 nitrogen and oxygen atoms in total. The van der Waals surface area contributed by atoms with Gasteiger partial charge in [0.2, 0.25) is 10.0 Å². The molecule has 31 heavy (non-hydrogen) atoms. The summed E-state index contributed by atoms with van der Waals surface area (Å²) < 4.78 is 33.7. The number of carbonyl (C=O) groups excluding carboxylic acids is 1. The molecule has 0 unspecified atom stereocenters. The molecule has 0 saturated carbocycles. The van der Waals surface area contributed by atoms with Gasteiger partial charge in [0.25, 0.3) is 5.91 Å². The van der Waals surface area contributed by atoms with Crippen LogP contribution in [-0.2, 0) is 10.0 Å². The fourth-order valence-electron chi connectivity index (χ4n) is 4.86. The van der Waals surface area contributed by atoms with Crippen LogP contribution in [0.15, 0.2) is 23.1 Å². The highest BCUT2D eigenvalue weighted by Crippen LogP contribution is 2.25. The summed E-state index contributed by atoms with van der Waals surface area (Å²) in [5, 5.41) is 0. The Labute approximate surface area is 187 Å². The number of methoxy groups -OCH3 is 1. The minimum atomic E-state index is -3.69. The van der Waals surface area contributed by atoms with E-state index >= 15 is 0 Å². The molecule has 2 fully saturated rings. The summed E-state index contributed by atoms with van der Waals surface area (Å²) >= 11 is 0. The topological polar surface area (TPSA) is 79.0 Å². The van der Waals surface area contributed by atoms with Crippen molar-refractivity contribution in [2.75, 3.05) is 46.4 Å². The van der Waals surface area contributed by atoms with E-state index in [-0.39, 0.29) is 10.8 Å². The van der Waals surface area contributed by atoms with Crippen LogP contribution in [0.4, 0.5) is 0 Å². The van der Waals surface area contributed by atoms with Crippen molar-refractivity contribution >= 4 is 15.9 Å². The Morgan fingerprint density at radius 1 is 1.13 bits per heavy atom.